The average Bonchev–Trinajstić information content (AvgIpc) is 2.41. The number of fused-ring (bicyclic) bond motifs is 1. The van der Waals surface area contributed by atoms with Crippen molar-refractivity contribution in [3.05, 3.63) is 36.0 Å². The van der Waals surface area contributed by atoms with Gasteiger partial charge in [0.15, 0.2) is 0 Å². The lowest BCUT2D eigenvalue weighted by Crippen LogP contribution is -2.31. The predicted octanol–water partition coefficient (Wildman–Crippen LogP) is 2.76. The molecule has 1 aromatic heterocycles. The van der Waals surface area contributed by atoms with E-state index < -0.39 is 0 Å². The molecule has 1 aromatic carbocycles. The van der Waals surface area contributed by atoms with Gasteiger partial charge in [0.2, 0.25) is 0 Å². The Labute approximate surface area is 119 Å². The van der Waals surface area contributed by atoms with Crippen LogP contribution in [0, 0.1) is 11.3 Å². The first-order valence-electron chi connectivity index (χ1n) is 7.10. The highest BCUT2D eigenvalue weighted by Crippen LogP contribution is 2.32. The summed E-state index contributed by atoms with van der Waals surface area (Å²) in [6, 6.07) is 8.05. The van der Waals surface area contributed by atoms with Crippen molar-refractivity contribution in [1.29, 1.82) is 5.41 Å². The molecule has 104 valence electrons. The second-order valence-corrected chi connectivity index (χ2v) is 5.63. The van der Waals surface area contributed by atoms with Gasteiger partial charge in [0.05, 0.1) is 16.8 Å². The summed E-state index contributed by atoms with van der Waals surface area (Å²) in [4.78, 5) is 6.65. The minimum Gasteiger partial charge on any atom is -0.384 e. The smallest absolute Gasteiger partial charge is 0.126 e. The van der Waals surface area contributed by atoms with Crippen LogP contribution in [0.25, 0.3) is 10.9 Å². The number of hydrogen-bond donors (Lipinski definition) is 2. The van der Waals surface area contributed by atoms with Crippen molar-refractivity contribution < 1.29 is 0 Å². The minimum atomic E-state index is 0.0821. The summed E-state index contributed by atoms with van der Waals surface area (Å²) < 4.78 is 0. The van der Waals surface area contributed by atoms with Crippen LogP contribution in [-0.4, -0.2) is 24.4 Å². The monoisotopic (exact) mass is 268 g/mol. The third-order valence-corrected chi connectivity index (χ3v) is 4.18. The molecule has 0 unspecified atom stereocenters. The molecule has 1 fully saturated rings. The quantitative estimate of drug-likeness (QED) is 0.662. The van der Waals surface area contributed by atoms with Gasteiger partial charge in [-0.3, -0.25) is 10.4 Å². The number of nitrogens with one attached hydrogen (secondary N) is 1. The van der Waals surface area contributed by atoms with E-state index in [0.717, 1.165) is 34.6 Å². The molecule has 0 amide bonds. The standard InChI is InChI=1S/C16H20N4/c1-20(10-11-5-4-6-11)15-12-7-2-3-8-14(12)19-9-13(15)16(17)18/h2-3,7-9,11H,4-6,10H2,1H3,(H3,17,18). The van der Waals surface area contributed by atoms with Crippen molar-refractivity contribution >= 4 is 22.4 Å². The summed E-state index contributed by atoms with van der Waals surface area (Å²) in [6.07, 6.45) is 5.68. The fourth-order valence-corrected chi connectivity index (χ4v) is 2.89. The molecule has 1 saturated carbocycles. The van der Waals surface area contributed by atoms with E-state index in [0.29, 0.717) is 0 Å². The van der Waals surface area contributed by atoms with Gasteiger partial charge in [0.25, 0.3) is 0 Å². The predicted molar refractivity (Wildman–Crippen MR) is 83.4 cm³/mol. The second-order valence-electron chi connectivity index (χ2n) is 5.63. The molecule has 3 rings (SSSR count). The molecule has 0 atom stereocenters. The molecule has 1 aliphatic carbocycles. The van der Waals surface area contributed by atoms with Crippen LogP contribution >= 0.6 is 0 Å². The Hall–Kier alpha value is -2.10. The Kier molecular flexibility index (Phi) is 3.30. The molecule has 4 heteroatoms. The van der Waals surface area contributed by atoms with E-state index in [1.807, 2.05) is 18.2 Å². The lowest BCUT2D eigenvalue weighted by Gasteiger charge is -2.32. The summed E-state index contributed by atoms with van der Waals surface area (Å²) in [5.74, 6) is 0.852. The van der Waals surface area contributed by atoms with E-state index in [4.69, 9.17) is 11.1 Å². The first-order chi connectivity index (χ1) is 9.66. The van der Waals surface area contributed by atoms with Gasteiger partial charge in [-0.2, -0.15) is 0 Å². The highest BCUT2D eigenvalue weighted by atomic mass is 15.1. The molecule has 4 nitrogen and oxygen atoms in total. The maximum absolute atomic E-state index is 7.80. The summed E-state index contributed by atoms with van der Waals surface area (Å²) >= 11 is 0. The Bertz CT molecular complexity index is 646. The highest BCUT2D eigenvalue weighted by molar-refractivity contribution is 6.07. The Morgan fingerprint density at radius 2 is 2.15 bits per heavy atom. The number of nitrogens with two attached hydrogens (primary N) is 1. The number of amidine groups is 1. The third-order valence-electron chi connectivity index (χ3n) is 4.18. The second kappa shape index (κ2) is 5.12. The number of anilines is 1. The normalized spacial score (nSPS) is 15.1. The topological polar surface area (TPSA) is 66.0 Å². The number of para-hydroxylation sites is 1. The molecular weight excluding hydrogens is 248 g/mol. The van der Waals surface area contributed by atoms with Crippen LogP contribution in [-0.2, 0) is 0 Å². The van der Waals surface area contributed by atoms with Crippen molar-refractivity contribution in [2.75, 3.05) is 18.5 Å². The van der Waals surface area contributed by atoms with Gasteiger partial charge in [-0.1, -0.05) is 24.6 Å². The fraction of sp³-hybridized carbons (Fsp3) is 0.375. The molecule has 0 aliphatic heterocycles. The van der Waals surface area contributed by atoms with E-state index in [1.54, 1.807) is 6.20 Å². The van der Waals surface area contributed by atoms with Crippen LogP contribution < -0.4 is 10.6 Å². The molecular formula is C16H20N4. The SMILES string of the molecule is CN(CC1CCC1)c1c(C(=N)N)cnc2ccccc12. The summed E-state index contributed by atoms with van der Waals surface area (Å²) in [5.41, 5.74) is 8.45. The summed E-state index contributed by atoms with van der Waals surface area (Å²) in [7, 11) is 2.09. The van der Waals surface area contributed by atoms with E-state index in [2.05, 4.69) is 23.0 Å². The molecule has 3 N–H and O–H groups in total. The number of aromatic nitrogens is 1. The molecule has 0 saturated heterocycles. The Morgan fingerprint density at radius 1 is 1.40 bits per heavy atom. The van der Waals surface area contributed by atoms with E-state index in [9.17, 15) is 0 Å². The van der Waals surface area contributed by atoms with E-state index in [-0.39, 0.29) is 5.84 Å². The molecule has 2 aromatic rings. The van der Waals surface area contributed by atoms with Crippen molar-refractivity contribution in [1.82, 2.24) is 4.98 Å². The summed E-state index contributed by atoms with van der Waals surface area (Å²) in [5, 5.41) is 8.87. The number of benzene rings is 1. The molecule has 1 heterocycles. The maximum Gasteiger partial charge on any atom is 0.126 e. The third kappa shape index (κ3) is 2.22. The lowest BCUT2D eigenvalue weighted by molar-refractivity contribution is 0.321. The first-order valence-corrected chi connectivity index (χ1v) is 7.10. The van der Waals surface area contributed by atoms with Gasteiger partial charge < -0.3 is 10.6 Å². The molecule has 0 spiro atoms. The van der Waals surface area contributed by atoms with Crippen LogP contribution in [0.4, 0.5) is 5.69 Å². The number of rotatable bonds is 4. The van der Waals surface area contributed by atoms with E-state index >= 15 is 0 Å². The van der Waals surface area contributed by atoms with Crippen molar-refractivity contribution in [3.8, 4) is 0 Å². The number of nitrogens with zero attached hydrogens (tertiary/aromatic N) is 2. The van der Waals surface area contributed by atoms with Gasteiger partial charge in [0, 0.05) is 25.2 Å². The van der Waals surface area contributed by atoms with Crippen molar-refractivity contribution in [2.45, 2.75) is 19.3 Å². The highest BCUT2D eigenvalue weighted by Gasteiger charge is 2.22. The van der Waals surface area contributed by atoms with Gasteiger partial charge in [0.1, 0.15) is 5.84 Å². The van der Waals surface area contributed by atoms with Crippen LogP contribution in [0.3, 0.4) is 0 Å². The van der Waals surface area contributed by atoms with Crippen LogP contribution in [0.5, 0.6) is 0 Å². The van der Waals surface area contributed by atoms with Crippen LogP contribution in [0.1, 0.15) is 24.8 Å². The largest absolute Gasteiger partial charge is 0.384 e. The first kappa shape index (κ1) is 12.9. The Morgan fingerprint density at radius 3 is 2.80 bits per heavy atom. The molecule has 20 heavy (non-hydrogen) atoms. The zero-order valence-corrected chi connectivity index (χ0v) is 11.8. The number of nitrogen functional groups attached to an aromatic ring is 1. The zero-order valence-electron chi connectivity index (χ0n) is 11.8. The van der Waals surface area contributed by atoms with Crippen LogP contribution in [0.2, 0.25) is 0 Å². The van der Waals surface area contributed by atoms with Gasteiger partial charge >= 0.3 is 0 Å². The maximum atomic E-state index is 7.80. The average molecular weight is 268 g/mol. The van der Waals surface area contributed by atoms with Crippen LogP contribution in [0.15, 0.2) is 30.5 Å². The van der Waals surface area contributed by atoms with E-state index in [1.165, 1.54) is 19.3 Å². The molecule has 0 bridgehead atoms. The van der Waals surface area contributed by atoms with Gasteiger partial charge in [-0.05, 0) is 24.8 Å². The molecule has 1 aliphatic rings. The lowest BCUT2D eigenvalue weighted by atomic mass is 9.85. The van der Waals surface area contributed by atoms with Crippen molar-refractivity contribution in [2.24, 2.45) is 11.7 Å². The van der Waals surface area contributed by atoms with Gasteiger partial charge in [-0.25, -0.2) is 0 Å². The minimum absolute atomic E-state index is 0.0821. The number of hydrogen-bond acceptors (Lipinski definition) is 3. The van der Waals surface area contributed by atoms with Crippen molar-refractivity contribution in [3.63, 3.8) is 0 Å². The fourth-order valence-electron chi connectivity index (χ4n) is 2.89. The molecule has 0 radical (unpaired) electrons. The Balaban J connectivity index is 2.08. The van der Waals surface area contributed by atoms with Gasteiger partial charge in [-0.15, -0.1) is 0 Å². The number of pyridine rings is 1. The summed E-state index contributed by atoms with van der Waals surface area (Å²) in [6.45, 7) is 1.02. The zero-order chi connectivity index (χ0) is 14.1.